The molecule has 1 aliphatic rings. The molecule has 0 N–H and O–H groups in total. The van der Waals surface area contributed by atoms with Crippen molar-refractivity contribution in [2.24, 2.45) is 0 Å². The van der Waals surface area contributed by atoms with E-state index in [0.29, 0.717) is 5.70 Å². The van der Waals surface area contributed by atoms with Crippen LogP contribution in [0.25, 0.3) is 0 Å². The molecule has 0 heterocycles. The maximum atomic E-state index is 6.98. The van der Waals surface area contributed by atoms with Crippen molar-refractivity contribution < 1.29 is 0 Å². The van der Waals surface area contributed by atoms with Crippen molar-refractivity contribution in [3.05, 3.63) is 47.5 Å². The number of hydrogen-bond acceptors (Lipinski definition) is 1. The molecule has 0 saturated heterocycles. The summed E-state index contributed by atoms with van der Waals surface area (Å²) in [6.07, 6.45) is 5.57. The highest BCUT2D eigenvalue weighted by Gasteiger charge is 1.92. The maximum Gasteiger partial charge on any atom is 0.132 e. The van der Waals surface area contributed by atoms with E-state index in [2.05, 4.69) is 23.3 Å². The van der Waals surface area contributed by atoms with Gasteiger partial charge in [-0.05, 0) is 18.1 Å². The van der Waals surface area contributed by atoms with Gasteiger partial charge in [-0.25, -0.2) is 0 Å². The zero-order valence-corrected chi connectivity index (χ0v) is 7.68. The normalized spacial score (nSPS) is 11.4. The molecule has 0 atom stereocenters. The molecular formula is C12H9N. The van der Waals surface area contributed by atoms with E-state index in [-0.39, 0.29) is 0 Å². The molecule has 0 aromatic rings. The van der Waals surface area contributed by atoms with E-state index in [1.54, 1.807) is 4.90 Å². The van der Waals surface area contributed by atoms with Crippen LogP contribution in [-0.4, -0.2) is 19.0 Å². The molecule has 1 aliphatic carbocycles. The van der Waals surface area contributed by atoms with Gasteiger partial charge in [-0.3, -0.25) is 0 Å². The Hall–Kier alpha value is -1.86. The number of rotatable bonds is 1. The number of nitrogens with zero attached hydrogens (tertiary/aromatic N) is 1. The summed E-state index contributed by atoms with van der Waals surface area (Å²) in [5.41, 5.74) is 6.64. The van der Waals surface area contributed by atoms with Crippen LogP contribution in [0.1, 0.15) is 0 Å². The minimum absolute atomic E-state index is 0.564. The summed E-state index contributed by atoms with van der Waals surface area (Å²) in [5.74, 6) is 5.72. The van der Waals surface area contributed by atoms with E-state index in [0.717, 1.165) is 5.57 Å². The minimum Gasteiger partial charge on any atom is -0.364 e. The highest BCUT2D eigenvalue weighted by molar-refractivity contribution is 5.46. The standard InChI is InChI=1S/C12H9N/c1-4-12(13(2)3)10-9-11-7-5-6-8-11/h5-7H,2-3H3. The van der Waals surface area contributed by atoms with Gasteiger partial charge in [0.05, 0.1) is 12.2 Å². The summed E-state index contributed by atoms with van der Waals surface area (Å²) in [4.78, 5) is 1.75. The lowest BCUT2D eigenvalue weighted by molar-refractivity contribution is 0.536. The van der Waals surface area contributed by atoms with Crippen LogP contribution < -0.4 is 0 Å². The Morgan fingerprint density at radius 3 is 2.77 bits per heavy atom. The first-order valence-electron chi connectivity index (χ1n) is 3.86. The third-order valence-corrected chi connectivity index (χ3v) is 1.48. The van der Waals surface area contributed by atoms with Gasteiger partial charge in [-0.2, -0.15) is 0 Å². The molecule has 1 heteroatoms. The van der Waals surface area contributed by atoms with Crippen molar-refractivity contribution in [1.29, 1.82) is 0 Å². The molecule has 0 amide bonds. The second-order valence-corrected chi connectivity index (χ2v) is 2.70. The van der Waals surface area contributed by atoms with Crippen molar-refractivity contribution >= 4 is 0 Å². The Morgan fingerprint density at radius 2 is 2.31 bits per heavy atom. The van der Waals surface area contributed by atoms with E-state index >= 15 is 0 Å². The fourth-order valence-electron chi connectivity index (χ4n) is 0.789. The van der Waals surface area contributed by atoms with Crippen LogP contribution in [-0.2, 0) is 0 Å². The molecule has 0 saturated carbocycles. The molecule has 0 unspecified atom stereocenters. The molecule has 0 fully saturated rings. The van der Waals surface area contributed by atoms with E-state index in [9.17, 15) is 0 Å². The fourth-order valence-corrected chi connectivity index (χ4v) is 0.789. The fraction of sp³-hybridized carbons (Fsp3) is 0.167. The third kappa shape index (κ3) is 2.58. The third-order valence-electron chi connectivity index (χ3n) is 1.48. The Morgan fingerprint density at radius 1 is 1.54 bits per heavy atom. The number of allylic oxidation sites excluding steroid dienone is 4. The molecule has 1 nitrogen and oxygen atoms in total. The van der Waals surface area contributed by atoms with Crippen molar-refractivity contribution in [1.82, 2.24) is 4.90 Å². The lowest BCUT2D eigenvalue weighted by Gasteiger charge is -2.07. The predicted molar refractivity (Wildman–Crippen MR) is 52.5 cm³/mol. The Kier molecular flexibility index (Phi) is 3.01. The van der Waals surface area contributed by atoms with Crippen LogP contribution in [0.15, 0.2) is 41.0 Å². The van der Waals surface area contributed by atoms with Gasteiger partial charge in [0, 0.05) is 14.1 Å². The monoisotopic (exact) mass is 167 g/mol. The first-order chi connectivity index (χ1) is 6.24. The Labute approximate surface area is 79.1 Å². The summed E-state index contributed by atoms with van der Waals surface area (Å²) in [6, 6.07) is 0. The van der Waals surface area contributed by atoms with Gasteiger partial charge in [0.1, 0.15) is 5.70 Å². The van der Waals surface area contributed by atoms with Gasteiger partial charge < -0.3 is 4.90 Å². The Balaban J connectivity index is 2.83. The summed E-state index contributed by atoms with van der Waals surface area (Å²) in [5, 5.41) is 0. The molecular weight excluding hydrogens is 158 g/mol. The highest BCUT2D eigenvalue weighted by Crippen LogP contribution is 2.00. The van der Waals surface area contributed by atoms with Crippen LogP contribution in [0.3, 0.4) is 0 Å². The van der Waals surface area contributed by atoms with Gasteiger partial charge in [-0.15, -0.1) is 5.73 Å². The van der Waals surface area contributed by atoms with E-state index in [1.165, 1.54) is 0 Å². The smallest absolute Gasteiger partial charge is 0.132 e. The SMILES string of the molecule is [C]=C=C(C#CC1=C=CC=C1)N(C)C. The molecule has 0 aromatic heterocycles. The average molecular weight is 167 g/mol. The maximum absolute atomic E-state index is 6.98. The quantitative estimate of drug-likeness (QED) is 0.423. The van der Waals surface area contributed by atoms with Gasteiger partial charge in [0.15, 0.2) is 0 Å². The van der Waals surface area contributed by atoms with Crippen LogP contribution in [0.2, 0.25) is 0 Å². The van der Waals surface area contributed by atoms with Gasteiger partial charge in [0.25, 0.3) is 0 Å². The van der Waals surface area contributed by atoms with Crippen LogP contribution in [0.4, 0.5) is 0 Å². The van der Waals surface area contributed by atoms with Crippen LogP contribution in [0, 0.1) is 18.4 Å². The predicted octanol–water partition coefficient (Wildman–Crippen LogP) is 1.55. The minimum atomic E-state index is 0.564. The number of hydrogen-bond donors (Lipinski definition) is 0. The first-order valence-corrected chi connectivity index (χ1v) is 3.86. The first kappa shape index (κ1) is 9.23. The second kappa shape index (κ2) is 4.24. The molecule has 13 heavy (non-hydrogen) atoms. The van der Waals surface area contributed by atoms with Crippen molar-refractivity contribution in [2.45, 2.75) is 0 Å². The van der Waals surface area contributed by atoms with E-state index in [4.69, 9.17) is 6.58 Å². The average Bonchev–Trinajstić information content (AvgIpc) is 2.57. The molecule has 2 radical (unpaired) electrons. The molecule has 0 aliphatic heterocycles. The van der Waals surface area contributed by atoms with Crippen LogP contribution in [0.5, 0.6) is 0 Å². The summed E-state index contributed by atoms with van der Waals surface area (Å²) >= 11 is 0. The topological polar surface area (TPSA) is 3.24 Å². The Bertz CT molecular complexity index is 398. The van der Waals surface area contributed by atoms with Gasteiger partial charge >= 0.3 is 0 Å². The van der Waals surface area contributed by atoms with Crippen molar-refractivity contribution in [3.8, 4) is 11.8 Å². The summed E-state index contributed by atoms with van der Waals surface area (Å²) < 4.78 is 0. The highest BCUT2D eigenvalue weighted by atomic mass is 15.1. The lowest BCUT2D eigenvalue weighted by Crippen LogP contribution is -2.08. The molecule has 0 spiro atoms. The van der Waals surface area contributed by atoms with Gasteiger partial charge in [0.2, 0.25) is 0 Å². The van der Waals surface area contributed by atoms with E-state index in [1.807, 2.05) is 32.3 Å². The second-order valence-electron chi connectivity index (χ2n) is 2.70. The molecule has 0 aromatic carbocycles. The van der Waals surface area contributed by atoms with Gasteiger partial charge in [-0.1, -0.05) is 17.7 Å². The zero-order valence-electron chi connectivity index (χ0n) is 7.68. The molecule has 62 valence electrons. The summed E-state index contributed by atoms with van der Waals surface area (Å²) in [6.45, 7) is 6.98. The van der Waals surface area contributed by atoms with Crippen molar-refractivity contribution in [2.75, 3.05) is 14.1 Å². The lowest BCUT2D eigenvalue weighted by atomic mass is 10.3. The summed E-state index contributed by atoms with van der Waals surface area (Å²) in [7, 11) is 3.67. The molecule has 1 rings (SSSR count). The largest absolute Gasteiger partial charge is 0.364 e. The zero-order chi connectivity index (χ0) is 9.68. The van der Waals surface area contributed by atoms with Crippen molar-refractivity contribution in [3.63, 3.8) is 0 Å². The van der Waals surface area contributed by atoms with Crippen LogP contribution >= 0.6 is 0 Å². The van der Waals surface area contributed by atoms with E-state index < -0.39 is 0 Å². The molecule has 0 bridgehead atoms.